The zero-order valence-electron chi connectivity index (χ0n) is 12.0. The van der Waals surface area contributed by atoms with Crippen molar-refractivity contribution in [2.24, 2.45) is 0 Å². The summed E-state index contributed by atoms with van der Waals surface area (Å²) in [7, 11) is -3.45. The number of amides is 1. The van der Waals surface area contributed by atoms with Crippen LogP contribution in [0.15, 0.2) is 47.4 Å². The van der Waals surface area contributed by atoms with Gasteiger partial charge in [-0.1, -0.05) is 41.4 Å². The number of anilines is 1. The van der Waals surface area contributed by atoms with E-state index in [0.29, 0.717) is 5.02 Å². The van der Waals surface area contributed by atoms with E-state index >= 15 is 0 Å². The fourth-order valence-corrected chi connectivity index (χ4v) is 3.01. The molecule has 0 radical (unpaired) electrons. The van der Waals surface area contributed by atoms with Gasteiger partial charge in [-0.15, -0.1) is 0 Å². The molecule has 122 valence electrons. The standard InChI is InChI=1S/C15H13Cl2NO4S/c1-23(20,21)13-8-3-2-6-11(13)18-14(19)9-22-12-7-4-5-10(16)15(12)17/h2-8H,9H2,1H3,(H,18,19). The highest BCUT2D eigenvalue weighted by Gasteiger charge is 2.15. The summed E-state index contributed by atoms with van der Waals surface area (Å²) in [6.07, 6.45) is 1.07. The van der Waals surface area contributed by atoms with Gasteiger partial charge in [-0.3, -0.25) is 4.79 Å². The zero-order valence-corrected chi connectivity index (χ0v) is 14.4. The van der Waals surface area contributed by atoms with Gasteiger partial charge in [-0.05, 0) is 24.3 Å². The molecule has 0 fully saturated rings. The Hall–Kier alpha value is -1.76. The summed E-state index contributed by atoms with van der Waals surface area (Å²) in [5, 5.41) is 3.02. The number of sulfone groups is 1. The van der Waals surface area contributed by atoms with Crippen molar-refractivity contribution in [3.8, 4) is 5.75 Å². The molecule has 0 saturated carbocycles. The molecule has 2 aromatic rings. The molecule has 0 aliphatic rings. The first kappa shape index (κ1) is 17.6. The van der Waals surface area contributed by atoms with E-state index in [4.69, 9.17) is 27.9 Å². The van der Waals surface area contributed by atoms with Gasteiger partial charge < -0.3 is 10.1 Å². The monoisotopic (exact) mass is 373 g/mol. The number of benzene rings is 2. The van der Waals surface area contributed by atoms with Crippen molar-refractivity contribution in [1.82, 2.24) is 0 Å². The normalized spacial score (nSPS) is 11.1. The van der Waals surface area contributed by atoms with Crippen LogP contribution in [0.4, 0.5) is 5.69 Å². The molecule has 0 aliphatic carbocycles. The lowest BCUT2D eigenvalue weighted by Crippen LogP contribution is -2.21. The first-order valence-electron chi connectivity index (χ1n) is 6.45. The van der Waals surface area contributed by atoms with Crippen LogP contribution in [0.1, 0.15) is 0 Å². The molecule has 23 heavy (non-hydrogen) atoms. The Morgan fingerprint density at radius 2 is 1.83 bits per heavy atom. The average Bonchev–Trinajstić information content (AvgIpc) is 2.48. The lowest BCUT2D eigenvalue weighted by atomic mass is 10.3. The summed E-state index contributed by atoms with van der Waals surface area (Å²) < 4.78 is 28.7. The predicted molar refractivity (Wildman–Crippen MR) is 90.1 cm³/mol. The maximum Gasteiger partial charge on any atom is 0.262 e. The highest BCUT2D eigenvalue weighted by molar-refractivity contribution is 7.90. The molecule has 8 heteroatoms. The van der Waals surface area contributed by atoms with Crippen molar-refractivity contribution in [3.63, 3.8) is 0 Å². The predicted octanol–water partition coefficient (Wildman–Crippen LogP) is 3.41. The Morgan fingerprint density at radius 1 is 1.13 bits per heavy atom. The topological polar surface area (TPSA) is 72.5 Å². The van der Waals surface area contributed by atoms with Crippen molar-refractivity contribution in [2.75, 3.05) is 18.2 Å². The van der Waals surface area contributed by atoms with Crippen molar-refractivity contribution in [3.05, 3.63) is 52.5 Å². The smallest absolute Gasteiger partial charge is 0.262 e. The van der Waals surface area contributed by atoms with Gasteiger partial charge in [-0.2, -0.15) is 0 Å². The first-order chi connectivity index (χ1) is 10.8. The van der Waals surface area contributed by atoms with E-state index in [1.54, 1.807) is 30.3 Å². The summed E-state index contributed by atoms with van der Waals surface area (Å²) in [6.45, 7) is -0.335. The van der Waals surface area contributed by atoms with Crippen LogP contribution in [0.2, 0.25) is 10.0 Å². The van der Waals surface area contributed by atoms with Crippen LogP contribution in [0.5, 0.6) is 5.75 Å². The van der Waals surface area contributed by atoms with E-state index in [1.165, 1.54) is 12.1 Å². The van der Waals surface area contributed by atoms with E-state index in [2.05, 4.69) is 5.32 Å². The number of halogens is 2. The van der Waals surface area contributed by atoms with Crippen LogP contribution in [-0.4, -0.2) is 27.2 Å². The van der Waals surface area contributed by atoms with Gasteiger partial charge in [0.1, 0.15) is 10.8 Å². The SMILES string of the molecule is CS(=O)(=O)c1ccccc1NC(=O)COc1cccc(Cl)c1Cl. The fraction of sp³-hybridized carbons (Fsp3) is 0.133. The third-order valence-electron chi connectivity index (χ3n) is 2.84. The minimum absolute atomic E-state index is 0.0362. The second kappa shape index (κ2) is 7.21. The van der Waals surface area contributed by atoms with E-state index < -0.39 is 15.7 Å². The number of ether oxygens (including phenoxy) is 1. The maximum atomic E-state index is 12.0. The molecular weight excluding hydrogens is 361 g/mol. The molecule has 2 rings (SSSR count). The summed E-state index contributed by atoms with van der Waals surface area (Å²) in [6, 6.07) is 10.9. The number of carbonyl (C=O) groups excluding carboxylic acids is 1. The summed E-state index contributed by atoms with van der Waals surface area (Å²) in [5.74, 6) is -0.247. The molecule has 0 saturated heterocycles. The van der Waals surface area contributed by atoms with Gasteiger partial charge >= 0.3 is 0 Å². The van der Waals surface area contributed by atoms with Crippen LogP contribution in [-0.2, 0) is 14.6 Å². The van der Waals surface area contributed by atoms with Gasteiger partial charge in [0.15, 0.2) is 16.4 Å². The molecule has 0 aromatic heterocycles. The fourth-order valence-electron chi connectivity index (χ4n) is 1.82. The Balaban J connectivity index is 2.08. The molecule has 0 aliphatic heterocycles. The molecule has 0 unspecified atom stereocenters. The lowest BCUT2D eigenvalue weighted by molar-refractivity contribution is -0.118. The minimum atomic E-state index is -3.45. The largest absolute Gasteiger partial charge is 0.482 e. The molecule has 0 spiro atoms. The maximum absolute atomic E-state index is 12.0. The molecule has 0 atom stereocenters. The van der Waals surface area contributed by atoms with E-state index in [-0.39, 0.29) is 28.0 Å². The van der Waals surface area contributed by atoms with Crippen LogP contribution in [0.25, 0.3) is 0 Å². The van der Waals surface area contributed by atoms with Gasteiger partial charge in [0.2, 0.25) is 0 Å². The van der Waals surface area contributed by atoms with Gasteiger partial charge in [0.25, 0.3) is 5.91 Å². The third-order valence-corrected chi connectivity index (χ3v) is 4.79. The van der Waals surface area contributed by atoms with Gasteiger partial charge in [0.05, 0.1) is 15.6 Å². The van der Waals surface area contributed by atoms with Crippen LogP contribution in [0.3, 0.4) is 0 Å². The summed E-state index contributed by atoms with van der Waals surface area (Å²) in [5.41, 5.74) is 0.195. The molecule has 0 heterocycles. The lowest BCUT2D eigenvalue weighted by Gasteiger charge is -2.11. The quantitative estimate of drug-likeness (QED) is 0.871. The van der Waals surface area contributed by atoms with E-state index in [0.717, 1.165) is 6.26 Å². The second-order valence-corrected chi connectivity index (χ2v) is 7.43. The highest BCUT2D eigenvalue weighted by atomic mass is 35.5. The number of hydrogen-bond donors (Lipinski definition) is 1. The molecule has 1 amide bonds. The number of rotatable bonds is 5. The van der Waals surface area contributed by atoms with E-state index in [1.807, 2.05) is 0 Å². The Labute approximate surface area is 144 Å². The number of carbonyl (C=O) groups is 1. The molecular formula is C15H13Cl2NO4S. The molecule has 0 bridgehead atoms. The number of para-hydroxylation sites is 1. The Bertz CT molecular complexity index is 837. The average molecular weight is 374 g/mol. The van der Waals surface area contributed by atoms with Crippen LogP contribution < -0.4 is 10.1 Å². The third kappa shape index (κ3) is 4.60. The van der Waals surface area contributed by atoms with Gasteiger partial charge in [0, 0.05) is 6.26 Å². The zero-order chi connectivity index (χ0) is 17.0. The molecule has 5 nitrogen and oxygen atoms in total. The number of nitrogens with one attached hydrogen (secondary N) is 1. The van der Waals surface area contributed by atoms with Gasteiger partial charge in [-0.25, -0.2) is 8.42 Å². The second-order valence-electron chi connectivity index (χ2n) is 4.66. The molecule has 2 aromatic carbocycles. The van der Waals surface area contributed by atoms with Crippen molar-refractivity contribution in [2.45, 2.75) is 4.90 Å². The molecule has 1 N–H and O–H groups in total. The van der Waals surface area contributed by atoms with Crippen molar-refractivity contribution < 1.29 is 17.9 Å². The highest BCUT2D eigenvalue weighted by Crippen LogP contribution is 2.31. The Kier molecular flexibility index (Phi) is 5.51. The summed E-state index contributed by atoms with van der Waals surface area (Å²) >= 11 is 11.8. The van der Waals surface area contributed by atoms with Crippen molar-refractivity contribution >= 4 is 44.6 Å². The van der Waals surface area contributed by atoms with E-state index in [9.17, 15) is 13.2 Å². The van der Waals surface area contributed by atoms with Crippen molar-refractivity contribution in [1.29, 1.82) is 0 Å². The van der Waals surface area contributed by atoms with Crippen LogP contribution in [0, 0.1) is 0 Å². The number of hydrogen-bond acceptors (Lipinski definition) is 4. The summed E-state index contributed by atoms with van der Waals surface area (Å²) in [4.78, 5) is 12.0. The Morgan fingerprint density at radius 3 is 2.52 bits per heavy atom. The van der Waals surface area contributed by atoms with Crippen LogP contribution >= 0.6 is 23.2 Å². The minimum Gasteiger partial charge on any atom is -0.482 e. The first-order valence-corrected chi connectivity index (χ1v) is 9.09.